The third-order valence-electron chi connectivity index (χ3n) is 4.28. The van der Waals surface area contributed by atoms with Gasteiger partial charge in [-0.1, -0.05) is 42.5 Å². The zero-order chi connectivity index (χ0) is 19.5. The lowest BCUT2D eigenvalue weighted by Crippen LogP contribution is -2.19. The van der Waals surface area contributed by atoms with Gasteiger partial charge in [0.15, 0.2) is 5.11 Å². The Morgan fingerprint density at radius 1 is 1.00 bits per heavy atom. The van der Waals surface area contributed by atoms with Crippen molar-refractivity contribution in [3.63, 3.8) is 0 Å². The van der Waals surface area contributed by atoms with Crippen LogP contribution in [0.3, 0.4) is 0 Å². The molecule has 3 aromatic carbocycles. The molecule has 140 valence electrons. The highest BCUT2D eigenvalue weighted by molar-refractivity contribution is 7.80. The minimum Gasteiger partial charge on any atom is -0.330 e. The molecule has 0 saturated carbocycles. The molecule has 1 heterocycles. The van der Waals surface area contributed by atoms with Crippen LogP contribution in [0.2, 0.25) is 0 Å². The summed E-state index contributed by atoms with van der Waals surface area (Å²) in [6, 6.07) is 17.6. The van der Waals surface area contributed by atoms with Crippen molar-refractivity contribution in [2.45, 2.75) is 6.54 Å². The molecule has 28 heavy (non-hydrogen) atoms. The van der Waals surface area contributed by atoms with Gasteiger partial charge in [-0.25, -0.2) is 8.78 Å². The monoisotopic (exact) mass is 394 g/mol. The van der Waals surface area contributed by atoms with Crippen molar-refractivity contribution >= 4 is 39.5 Å². The molecule has 0 aliphatic heterocycles. The van der Waals surface area contributed by atoms with Crippen molar-refractivity contribution < 1.29 is 8.78 Å². The van der Waals surface area contributed by atoms with E-state index in [0.29, 0.717) is 12.2 Å². The summed E-state index contributed by atoms with van der Waals surface area (Å²) in [6.45, 7) is 0.607. The molecule has 0 aliphatic rings. The van der Waals surface area contributed by atoms with Crippen molar-refractivity contribution in [2.75, 3.05) is 10.6 Å². The average molecular weight is 394 g/mol. The van der Waals surface area contributed by atoms with Crippen molar-refractivity contribution in [3.8, 4) is 0 Å². The van der Waals surface area contributed by atoms with Gasteiger partial charge in [0.25, 0.3) is 0 Å². The number of nitrogens with zero attached hydrogens (tertiary/aromatic N) is 2. The van der Waals surface area contributed by atoms with Gasteiger partial charge >= 0.3 is 0 Å². The van der Waals surface area contributed by atoms with E-state index in [0.717, 1.165) is 17.7 Å². The first kappa shape index (κ1) is 18.1. The molecule has 0 spiro atoms. The van der Waals surface area contributed by atoms with Gasteiger partial charge in [0, 0.05) is 12.3 Å². The predicted octanol–water partition coefficient (Wildman–Crippen LogP) is 5.17. The van der Waals surface area contributed by atoms with Gasteiger partial charge in [-0.05, 0) is 40.7 Å². The summed E-state index contributed by atoms with van der Waals surface area (Å²) in [5.41, 5.74) is 1.92. The third-order valence-corrected chi connectivity index (χ3v) is 4.49. The topological polar surface area (TPSA) is 41.9 Å². The average Bonchev–Trinajstić information content (AvgIpc) is 3.11. The molecule has 0 aliphatic carbocycles. The Kier molecular flexibility index (Phi) is 4.99. The fourth-order valence-electron chi connectivity index (χ4n) is 2.99. The van der Waals surface area contributed by atoms with Crippen LogP contribution < -0.4 is 10.6 Å². The summed E-state index contributed by atoms with van der Waals surface area (Å²) in [5.74, 6) is -1.35. The van der Waals surface area contributed by atoms with E-state index < -0.39 is 11.6 Å². The molecule has 0 unspecified atom stereocenters. The fraction of sp³-hybridized carbons (Fsp3) is 0.0476. The smallest absolute Gasteiger partial charge is 0.175 e. The second-order valence-corrected chi connectivity index (χ2v) is 6.68. The fourth-order valence-corrected chi connectivity index (χ4v) is 3.22. The predicted molar refractivity (Wildman–Crippen MR) is 111 cm³/mol. The minimum absolute atomic E-state index is 0.0991. The van der Waals surface area contributed by atoms with Crippen LogP contribution in [0.1, 0.15) is 5.56 Å². The zero-order valence-electron chi connectivity index (χ0n) is 14.7. The van der Waals surface area contributed by atoms with Gasteiger partial charge in [0.05, 0.1) is 24.1 Å². The van der Waals surface area contributed by atoms with E-state index in [9.17, 15) is 8.78 Å². The van der Waals surface area contributed by atoms with Gasteiger partial charge in [0.2, 0.25) is 0 Å². The Balaban J connectivity index is 1.45. The van der Waals surface area contributed by atoms with Crippen LogP contribution >= 0.6 is 12.2 Å². The standard InChI is InChI=1S/C21H16F2N4S/c22-16-8-9-20(19(23)10-16)26-21(28)25-17-11-24-27(13-17)12-15-6-3-5-14-4-1-2-7-18(14)15/h1-11,13H,12H2,(H2,25,26,28). The first-order chi connectivity index (χ1) is 13.6. The largest absolute Gasteiger partial charge is 0.330 e. The van der Waals surface area contributed by atoms with Gasteiger partial charge in [-0.2, -0.15) is 5.10 Å². The highest BCUT2D eigenvalue weighted by atomic mass is 32.1. The van der Waals surface area contributed by atoms with Gasteiger partial charge in [-0.3, -0.25) is 4.68 Å². The number of aromatic nitrogens is 2. The summed E-state index contributed by atoms with van der Waals surface area (Å²) >= 11 is 5.19. The van der Waals surface area contributed by atoms with Crippen LogP contribution in [0.15, 0.2) is 73.1 Å². The van der Waals surface area contributed by atoms with E-state index in [2.05, 4.69) is 40.0 Å². The summed E-state index contributed by atoms with van der Waals surface area (Å²) in [7, 11) is 0. The Labute approximate surface area is 165 Å². The first-order valence-electron chi connectivity index (χ1n) is 8.61. The third kappa shape index (κ3) is 3.99. The molecular formula is C21H16F2N4S. The highest BCUT2D eigenvalue weighted by Crippen LogP contribution is 2.20. The number of fused-ring (bicyclic) bond motifs is 1. The van der Waals surface area contributed by atoms with E-state index in [1.54, 1.807) is 10.9 Å². The normalized spacial score (nSPS) is 10.8. The van der Waals surface area contributed by atoms with E-state index in [1.807, 2.05) is 24.4 Å². The molecule has 4 nitrogen and oxygen atoms in total. The molecule has 0 fully saturated rings. The second-order valence-electron chi connectivity index (χ2n) is 6.27. The molecule has 0 amide bonds. The lowest BCUT2D eigenvalue weighted by molar-refractivity contribution is 0.586. The van der Waals surface area contributed by atoms with E-state index in [1.165, 1.54) is 16.8 Å². The lowest BCUT2D eigenvalue weighted by atomic mass is 10.0. The van der Waals surface area contributed by atoms with Crippen LogP contribution in [0.25, 0.3) is 10.8 Å². The summed E-state index contributed by atoms with van der Waals surface area (Å²) in [4.78, 5) is 0. The lowest BCUT2D eigenvalue weighted by Gasteiger charge is -2.10. The molecule has 0 bridgehead atoms. The van der Waals surface area contributed by atoms with Gasteiger partial charge in [-0.15, -0.1) is 0 Å². The van der Waals surface area contributed by atoms with Gasteiger partial charge in [0.1, 0.15) is 11.6 Å². The molecule has 4 aromatic rings. The Morgan fingerprint density at radius 2 is 1.82 bits per heavy atom. The number of hydrogen-bond acceptors (Lipinski definition) is 2. The maximum Gasteiger partial charge on any atom is 0.175 e. The minimum atomic E-state index is -0.712. The maximum absolute atomic E-state index is 13.7. The molecule has 4 rings (SSSR count). The number of rotatable bonds is 4. The van der Waals surface area contributed by atoms with E-state index in [4.69, 9.17) is 12.2 Å². The molecule has 2 N–H and O–H groups in total. The number of thiocarbonyl (C=S) groups is 1. The van der Waals surface area contributed by atoms with Crippen LogP contribution in [-0.4, -0.2) is 14.9 Å². The summed E-state index contributed by atoms with van der Waals surface area (Å²) in [6.07, 6.45) is 3.46. The molecule has 0 atom stereocenters. The van der Waals surface area contributed by atoms with Crippen molar-refractivity contribution in [2.24, 2.45) is 0 Å². The van der Waals surface area contributed by atoms with E-state index in [-0.39, 0.29) is 10.8 Å². The summed E-state index contributed by atoms with van der Waals surface area (Å²) in [5, 5.41) is 12.6. The number of halogens is 2. The summed E-state index contributed by atoms with van der Waals surface area (Å²) < 4.78 is 28.5. The number of hydrogen-bond donors (Lipinski definition) is 2. The molecular weight excluding hydrogens is 378 g/mol. The zero-order valence-corrected chi connectivity index (χ0v) is 15.5. The van der Waals surface area contributed by atoms with Crippen molar-refractivity contribution in [1.82, 2.24) is 9.78 Å². The molecule has 7 heteroatoms. The molecule has 0 radical (unpaired) electrons. The Morgan fingerprint density at radius 3 is 2.68 bits per heavy atom. The van der Waals surface area contributed by atoms with E-state index >= 15 is 0 Å². The van der Waals surface area contributed by atoms with Gasteiger partial charge < -0.3 is 10.6 Å². The quantitative estimate of drug-likeness (QED) is 0.469. The van der Waals surface area contributed by atoms with Crippen LogP contribution in [0.5, 0.6) is 0 Å². The van der Waals surface area contributed by atoms with Crippen LogP contribution in [0.4, 0.5) is 20.2 Å². The Hall–Kier alpha value is -3.32. The SMILES string of the molecule is Fc1ccc(NC(=S)Nc2cnn(Cc3cccc4ccccc34)c2)c(F)c1. The number of benzene rings is 3. The van der Waals surface area contributed by atoms with Crippen LogP contribution in [-0.2, 0) is 6.54 Å². The molecule has 1 aromatic heterocycles. The van der Waals surface area contributed by atoms with Crippen LogP contribution in [0, 0.1) is 11.6 Å². The highest BCUT2D eigenvalue weighted by Gasteiger charge is 2.08. The first-order valence-corrected chi connectivity index (χ1v) is 9.01. The molecule has 0 saturated heterocycles. The van der Waals surface area contributed by atoms with Crippen molar-refractivity contribution in [3.05, 3.63) is 90.3 Å². The Bertz CT molecular complexity index is 1150. The second kappa shape index (κ2) is 7.74. The maximum atomic E-state index is 13.7. The van der Waals surface area contributed by atoms with Crippen molar-refractivity contribution in [1.29, 1.82) is 0 Å². The number of nitrogens with one attached hydrogen (secondary N) is 2. The number of anilines is 2.